The van der Waals surface area contributed by atoms with E-state index in [9.17, 15) is 14.4 Å². The molecule has 0 radical (unpaired) electrons. The minimum Gasteiger partial charge on any atom is -0.481 e. The van der Waals surface area contributed by atoms with Gasteiger partial charge in [-0.25, -0.2) is 9.78 Å². The van der Waals surface area contributed by atoms with Crippen molar-refractivity contribution >= 4 is 17.8 Å². The number of hydrogen-bond donors (Lipinski definition) is 2. The van der Waals surface area contributed by atoms with Gasteiger partial charge in [0.15, 0.2) is 0 Å². The Morgan fingerprint density at radius 2 is 1.71 bits per heavy atom. The van der Waals surface area contributed by atoms with Gasteiger partial charge in [-0.05, 0) is 23.3 Å². The summed E-state index contributed by atoms with van der Waals surface area (Å²) < 4.78 is 4.56. The van der Waals surface area contributed by atoms with E-state index < -0.39 is 17.8 Å². The molecule has 0 atom stereocenters. The zero-order valence-electron chi connectivity index (χ0n) is 13.0. The lowest BCUT2D eigenvalue weighted by Gasteiger charge is -2.09. The molecule has 1 heterocycles. The Bertz CT molecular complexity index is 773. The summed E-state index contributed by atoms with van der Waals surface area (Å²) in [4.78, 5) is 38.4. The fourth-order valence-electron chi connectivity index (χ4n) is 2.11. The number of hydrogen-bond acceptors (Lipinski definition) is 5. The number of nitrogens with one attached hydrogen (secondary N) is 1. The summed E-state index contributed by atoms with van der Waals surface area (Å²) in [5.74, 6) is -2.04. The van der Waals surface area contributed by atoms with E-state index in [1.807, 2.05) is 0 Å². The summed E-state index contributed by atoms with van der Waals surface area (Å²) in [5, 5.41) is 11.6. The number of benzene rings is 1. The smallest absolute Gasteiger partial charge is 0.356 e. The molecule has 0 unspecified atom stereocenters. The Kier molecular flexibility index (Phi) is 5.62. The fraction of sp³-hybridized carbons (Fsp3) is 0.176. The van der Waals surface area contributed by atoms with Gasteiger partial charge in [0.2, 0.25) is 0 Å². The van der Waals surface area contributed by atoms with Crippen LogP contribution in [-0.4, -0.2) is 35.0 Å². The van der Waals surface area contributed by atoms with Crippen LogP contribution in [0.25, 0.3) is 0 Å². The Morgan fingerprint density at radius 3 is 2.38 bits per heavy atom. The summed E-state index contributed by atoms with van der Waals surface area (Å²) >= 11 is 0. The minimum atomic E-state index is -0.943. The first-order chi connectivity index (χ1) is 11.5. The van der Waals surface area contributed by atoms with Gasteiger partial charge in [0.05, 0.1) is 13.5 Å². The van der Waals surface area contributed by atoms with Crippen LogP contribution in [0.3, 0.4) is 0 Å². The van der Waals surface area contributed by atoms with E-state index in [1.54, 1.807) is 24.3 Å². The molecule has 7 nitrogen and oxygen atoms in total. The number of esters is 1. The van der Waals surface area contributed by atoms with Crippen LogP contribution >= 0.6 is 0 Å². The summed E-state index contributed by atoms with van der Waals surface area (Å²) in [5.41, 5.74) is 1.45. The summed E-state index contributed by atoms with van der Waals surface area (Å²) in [7, 11) is 1.23. The molecule has 0 aliphatic carbocycles. The van der Waals surface area contributed by atoms with Crippen molar-refractivity contribution in [2.45, 2.75) is 13.0 Å². The van der Waals surface area contributed by atoms with E-state index in [0.717, 1.165) is 0 Å². The molecule has 2 aromatic rings. The van der Waals surface area contributed by atoms with Gasteiger partial charge in [-0.3, -0.25) is 9.59 Å². The van der Waals surface area contributed by atoms with Gasteiger partial charge >= 0.3 is 11.9 Å². The molecule has 1 aromatic carbocycles. The van der Waals surface area contributed by atoms with Crippen LogP contribution in [0.15, 0.2) is 42.5 Å². The monoisotopic (exact) mass is 328 g/mol. The van der Waals surface area contributed by atoms with Gasteiger partial charge in [0.1, 0.15) is 11.4 Å². The maximum absolute atomic E-state index is 12.2. The van der Waals surface area contributed by atoms with Crippen LogP contribution in [-0.2, 0) is 22.5 Å². The summed E-state index contributed by atoms with van der Waals surface area (Å²) in [6.45, 7) is 0.159. The van der Waals surface area contributed by atoms with Gasteiger partial charge in [0, 0.05) is 6.54 Å². The third-order valence-electron chi connectivity index (χ3n) is 3.28. The number of ether oxygens (including phenoxy) is 1. The first-order valence-electron chi connectivity index (χ1n) is 7.13. The number of carbonyl (C=O) groups excluding carboxylic acids is 2. The van der Waals surface area contributed by atoms with Gasteiger partial charge in [-0.1, -0.05) is 30.3 Å². The first-order valence-corrected chi connectivity index (χ1v) is 7.13. The number of pyridine rings is 1. The molecule has 0 aliphatic heterocycles. The molecule has 0 bridgehead atoms. The van der Waals surface area contributed by atoms with E-state index in [0.29, 0.717) is 11.1 Å². The molecule has 124 valence electrons. The molecule has 0 spiro atoms. The number of carbonyl (C=O) groups is 3. The highest BCUT2D eigenvalue weighted by Gasteiger charge is 2.13. The Hall–Kier alpha value is -3.22. The van der Waals surface area contributed by atoms with Crippen LogP contribution in [0.4, 0.5) is 0 Å². The van der Waals surface area contributed by atoms with Gasteiger partial charge in [-0.2, -0.15) is 0 Å². The molecular formula is C17H16N2O5. The van der Waals surface area contributed by atoms with E-state index in [2.05, 4.69) is 15.0 Å². The van der Waals surface area contributed by atoms with Crippen molar-refractivity contribution in [3.8, 4) is 0 Å². The van der Waals surface area contributed by atoms with Crippen molar-refractivity contribution in [2.24, 2.45) is 0 Å². The van der Waals surface area contributed by atoms with Crippen molar-refractivity contribution in [1.82, 2.24) is 10.3 Å². The van der Waals surface area contributed by atoms with E-state index in [-0.39, 0.29) is 24.4 Å². The molecule has 0 fully saturated rings. The van der Waals surface area contributed by atoms with Crippen LogP contribution in [0.5, 0.6) is 0 Å². The number of carboxylic acids is 1. The van der Waals surface area contributed by atoms with Crippen molar-refractivity contribution in [3.63, 3.8) is 0 Å². The summed E-state index contributed by atoms with van der Waals surface area (Å²) in [6, 6.07) is 11.4. The second kappa shape index (κ2) is 7.87. The lowest BCUT2D eigenvalue weighted by atomic mass is 10.0. The number of aliphatic carboxylic acids is 1. The number of aromatic nitrogens is 1. The molecule has 24 heavy (non-hydrogen) atoms. The molecule has 0 saturated heterocycles. The van der Waals surface area contributed by atoms with Crippen LogP contribution in [0.2, 0.25) is 0 Å². The molecule has 1 aromatic heterocycles. The van der Waals surface area contributed by atoms with Crippen LogP contribution in [0, 0.1) is 0 Å². The number of methoxy groups -OCH3 is 1. The molecule has 2 N–H and O–H groups in total. The zero-order valence-corrected chi connectivity index (χ0v) is 13.0. The standard InChI is InChI=1S/C17H16N2O5/c1-24-17(23)14-8-4-7-13(19-14)16(22)18-10-12-6-3-2-5-11(12)9-15(20)21/h2-8H,9-10H2,1H3,(H,18,22)(H,20,21). The van der Waals surface area contributed by atoms with Crippen molar-refractivity contribution in [3.05, 3.63) is 65.0 Å². The predicted octanol–water partition coefficient (Wildman–Crippen LogP) is 1.43. The largest absolute Gasteiger partial charge is 0.481 e. The Morgan fingerprint density at radius 1 is 1.04 bits per heavy atom. The number of nitrogens with zero attached hydrogens (tertiary/aromatic N) is 1. The van der Waals surface area contributed by atoms with Gasteiger partial charge in [0.25, 0.3) is 5.91 Å². The highest BCUT2D eigenvalue weighted by atomic mass is 16.5. The van der Waals surface area contributed by atoms with Gasteiger partial charge in [-0.15, -0.1) is 0 Å². The van der Waals surface area contributed by atoms with Crippen molar-refractivity contribution < 1.29 is 24.2 Å². The number of carboxylic acid groups (broad SMARTS) is 1. The SMILES string of the molecule is COC(=O)c1cccc(C(=O)NCc2ccccc2CC(=O)O)n1. The number of amides is 1. The molecule has 1 amide bonds. The summed E-state index contributed by atoms with van der Waals surface area (Å²) in [6.07, 6.45) is -0.123. The zero-order chi connectivity index (χ0) is 17.5. The topological polar surface area (TPSA) is 106 Å². The van der Waals surface area contributed by atoms with E-state index in [1.165, 1.54) is 25.3 Å². The minimum absolute atomic E-state index is 0.0384. The number of rotatable bonds is 6. The maximum atomic E-state index is 12.2. The molecule has 0 saturated carbocycles. The molecular weight excluding hydrogens is 312 g/mol. The molecule has 2 rings (SSSR count). The van der Waals surface area contributed by atoms with Crippen LogP contribution in [0.1, 0.15) is 32.1 Å². The van der Waals surface area contributed by atoms with E-state index in [4.69, 9.17) is 5.11 Å². The van der Waals surface area contributed by atoms with E-state index >= 15 is 0 Å². The normalized spacial score (nSPS) is 10.0. The Balaban J connectivity index is 2.09. The van der Waals surface area contributed by atoms with Crippen molar-refractivity contribution in [2.75, 3.05) is 7.11 Å². The van der Waals surface area contributed by atoms with Crippen molar-refractivity contribution in [1.29, 1.82) is 0 Å². The third kappa shape index (κ3) is 4.39. The molecule has 0 aliphatic rings. The predicted molar refractivity (Wildman–Crippen MR) is 84.5 cm³/mol. The first kappa shape index (κ1) is 17.1. The third-order valence-corrected chi connectivity index (χ3v) is 3.28. The Labute approximate surface area is 138 Å². The lowest BCUT2D eigenvalue weighted by molar-refractivity contribution is -0.136. The average Bonchev–Trinajstić information content (AvgIpc) is 2.59. The van der Waals surface area contributed by atoms with Gasteiger partial charge < -0.3 is 15.2 Å². The molecule has 7 heteroatoms. The second-order valence-electron chi connectivity index (χ2n) is 4.92. The van der Waals surface area contributed by atoms with Crippen LogP contribution < -0.4 is 5.32 Å². The highest BCUT2D eigenvalue weighted by Crippen LogP contribution is 2.10. The maximum Gasteiger partial charge on any atom is 0.356 e. The fourth-order valence-corrected chi connectivity index (χ4v) is 2.11. The quantitative estimate of drug-likeness (QED) is 0.777. The highest BCUT2D eigenvalue weighted by molar-refractivity contribution is 5.94. The lowest BCUT2D eigenvalue weighted by Crippen LogP contribution is -2.25. The average molecular weight is 328 g/mol. The second-order valence-corrected chi connectivity index (χ2v) is 4.92.